The molecule has 5 heteroatoms. The average Bonchev–Trinajstić information content (AvgIpc) is 3.05. The summed E-state index contributed by atoms with van der Waals surface area (Å²) < 4.78 is 0. The zero-order chi connectivity index (χ0) is 15.0. The molecule has 1 saturated heterocycles. The van der Waals surface area contributed by atoms with Crippen molar-refractivity contribution in [1.82, 2.24) is 9.80 Å². The fourth-order valence-corrected chi connectivity index (χ4v) is 4.54. The standard InChI is InChI=1S/C16H26N2O2S/c1-17(12-7-8-13(10-12)21-2)16(20)14-4-3-9-18(14)15(19)11-5-6-11/h11-14H,3-10H2,1-2H3/t12-,13+,14-/m0/s1. The van der Waals surface area contributed by atoms with Crippen LogP contribution in [0.1, 0.15) is 44.9 Å². The first-order valence-electron chi connectivity index (χ1n) is 8.21. The second-order valence-electron chi connectivity index (χ2n) is 6.74. The minimum atomic E-state index is -0.184. The van der Waals surface area contributed by atoms with Crippen molar-refractivity contribution in [1.29, 1.82) is 0 Å². The molecule has 118 valence electrons. The fourth-order valence-electron chi connectivity index (χ4n) is 3.75. The molecule has 2 aliphatic carbocycles. The minimum Gasteiger partial charge on any atom is -0.341 e. The SMILES string of the molecule is CS[C@@H]1CC[C@H](N(C)C(=O)[C@@H]2CCCN2C(=O)C2CC2)C1. The number of carbonyl (C=O) groups excluding carboxylic acids is 2. The van der Waals surface area contributed by atoms with E-state index < -0.39 is 0 Å². The van der Waals surface area contributed by atoms with E-state index in [0.29, 0.717) is 11.3 Å². The summed E-state index contributed by atoms with van der Waals surface area (Å²) in [6, 6.07) is 0.185. The summed E-state index contributed by atoms with van der Waals surface area (Å²) in [5.74, 6) is 0.622. The Balaban J connectivity index is 1.62. The molecule has 4 nitrogen and oxygen atoms in total. The van der Waals surface area contributed by atoms with E-state index in [9.17, 15) is 9.59 Å². The van der Waals surface area contributed by atoms with Crippen LogP contribution in [0, 0.1) is 5.92 Å². The summed E-state index contributed by atoms with van der Waals surface area (Å²) in [5, 5.41) is 0.693. The third-order valence-electron chi connectivity index (χ3n) is 5.33. The predicted octanol–water partition coefficient (Wildman–Crippen LogP) is 2.13. The van der Waals surface area contributed by atoms with Crippen LogP contribution in [0.25, 0.3) is 0 Å². The molecule has 3 aliphatic rings. The van der Waals surface area contributed by atoms with E-state index in [1.165, 1.54) is 6.42 Å². The molecule has 3 rings (SSSR count). The van der Waals surface area contributed by atoms with E-state index in [4.69, 9.17) is 0 Å². The molecule has 0 spiro atoms. The smallest absolute Gasteiger partial charge is 0.245 e. The molecule has 0 aromatic rings. The van der Waals surface area contributed by atoms with E-state index in [0.717, 1.165) is 45.1 Å². The topological polar surface area (TPSA) is 40.6 Å². The van der Waals surface area contributed by atoms with E-state index >= 15 is 0 Å². The maximum Gasteiger partial charge on any atom is 0.245 e. The number of thioether (sulfide) groups is 1. The molecule has 2 saturated carbocycles. The van der Waals surface area contributed by atoms with E-state index in [1.54, 1.807) is 0 Å². The largest absolute Gasteiger partial charge is 0.341 e. The Morgan fingerprint density at radius 3 is 2.52 bits per heavy atom. The van der Waals surface area contributed by atoms with Crippen LogP contribution in [0.4, 0.5) is 0 Å². The Bertz CT molecular complexity index is 425. The van der Waals surface area contributed by atoms with Crippen LogP contribution in [-0.2, 0) is 9.59 Å². The van der Waals surface area contributed by atoms with Gasteiger partial charge in [-0.2, -0.15) is 11.8 Å². The highest BCUT2D eigenvalue weighted by Crippen LogP contribution is 2.35. The van der Waals surface area contributed by atoms with Crippen LogP contribution in [0.15, 0.2) is 0 Å². The summed E-state index contributed by atoms with van der Waals surface area (Å²) in [5.41, 5.74) is 0. The summed E-state index contributed by atoms with van der Waals surface area (Å²) >= 11 is 1.91. The molecule has 21 heavy (non-hydrogen) atoms. The highest BCUT2D eigenvalue weighted by atomic mass is 32.2. The van der Waals surface area contributed by atoms with Crippen LogP contribution in [0.5, 0.6) is 0 Å². The number of hydrogen-bond donors (Lipinski definition) is 0. The molecule has 3 atom stereocenters. The van der Waals surface area contributed by atoms with E-state index in [2.05, 4.69) is 6.26 Å². The van der Waals surface area contributed by atoms with Gasteiger partial charge in [0.25, 0.3) is 0 Å². The third-order valence-corrected chi connectivity index (χ3v) is 6.43. The number of amides is 2. The van der Waals surface area contributed by atoms with Crippen molar-refractivity contribution in [2.45, 2.75) is 62.3 Å². The van der Waals surface area contributed by atoms with Crippen LogP contribution in [0.3, 0.4) is 0 Å². The van der Waals surface area contributed by atoms with Gasteiger partial charge in [-0.15, -0.1) is 0 Å². The van der Waals surface area contributed by atoms with Crippen LogP contribution in [0.2, 0.25) is 0 Å². The van der Waals surface area contributed by atoms with Crippen LogP contribution in [-0.4, -0.2) is 58.8 Å². The van der Waals surface area contributed by atoms with Gasteiger partial charge in [-0.05, 0) is 51.2 Å². The molecular formula is C16H26N2O2S. The Kier molecular flexibility index (Phi) is 4.48. The molecule has 1 heterocycles. The minimum absolute atomic E-state index is 0.174. The third kappa shape index (κ3) is 3.08. The lowest BCUT2D eigenvalue weighted by molar-refractivity contribution is -0.144. The van der Waals surface area contributed by atoms with Crippen molar-refractivity contribution in [2.75, 3.05) is 19.8 Å². The molecule has 0 aromatic carbocycles. The van der Waals surface area contributed by atoms with Gasteiger partial charge in [-0.1, -0.05) is 0 Å². The highest BCUT2D eigenvalue weighted by Gasteiger charge is 2.42. The Morgan fingerprint density at radius 1 is 1.14 bits per heavy atom. The Morgan fingerprint density at radius 2 is 1.90 bits per heavy atom. The molecular weight excluding hydrogens is 284 g/mol. The summed E-state index contributed by atoms with van der Waals surface area (Å²) in [6.07, 6.45) is 9.43. The molecule has 1 aliphatic heterocycles. The average molecular weight is 310 g/mol. The van der Waals surface area contributed by atoms with Crippen molar-refractivity contribution in [3.05, 3.63) is 0 Å². The lowest BCUT2D eigenvalue weighted by Crippen LogP contribution is -2.49. The first-order valence-corrected chi connectivity index (χ1v) is 9.50. The van der Waals surface area contributed by atoms with Gasteiger partial charge in [-0.25, -0.2) is 0 Å². The second-order valence-corrected chi connectivity index (χ2v) is 7.88. The van der Waals surface area contributed by atoms with E-state index in [1.807, 2.05) is 28.6 Å². The van der Waals surface area contributed by atoms with Gasteiger partial charge in [0.15, 0.2) is 0 Å². The number of nitrogens with zero attached hydrogens (tertiary/aromatic N) is 2. The van der Waals surface area contributed by atoms with Gasteiger partial charge < -0.3 is 9.80 Å². The highest BCUT2D eigenvalue weighted by molar-refractivity contribution is 7.99. The molecule has 3 fully saturated rings. The van der Waals surface area contributed by atoms with Gasteiger partial charge in [0, 0.05) is 30.8 Å². The molecule has 0 N–H and O–H groups in total. The number of carbonyl (C=O) groups is 2. The van der Waals surface area contributed by atoms with E-state index in [-0.39, 0.29) is 23.8 Å². The lowest BCUT2D eigenvalue weighted by atomic mass is 10.1. The lowest BCUT2D eigenvalue weighted by Gasteiger charge is -2.31. The van der Waals surface area contributed by atoms with Gasteiger partial charge in [-0.3, -0.25) is 9.59 Å². The van der Waals surface area contributed by atoms with Gasteiger partial charge in [0.05, 0.1) is 0 Å². The summed E-state index contributed by atoms with van der Waals surface area (Å²) in [6.45, 7) is 0.775. The maximum absolute atomic E-state index is 12.8. The molecule has 0 bridgehead atoms. The van der Waals surface area contributed by atoms with Crippen molar-refractivity contribution in [3.63, 3.8) is 0 Å². The predicted molar refractivity (Wildman–Crippen MR) is 85.2 cm³/mol. The second kappa shape index (κ2) is 6.19. The first-order chi connectivity index (χ1) is 10.1. The first kappa shape index (κ1) is 15.2. The Labute approximate surface area is 131 Å². The fraction of sp³-hybridized carbons (Fsp3) is 0.875. The Hall–Kier alpha value is -0.710. The van der Waals surface area contributed by atoms with Gasteiger partial charge in [0.1, 0.15) is 6.04 Å². The number of likely N-dealkylation sites (N-methyl/N-ethyl adjacent to an activating group) is 1. The van der Waals surface area contributed by atoms with Crippen molar-refractivity contribution < 1.29 is 9.59 Å². The molecule has 2 amide bonds. The summed E-state index contributed by atoms with van der Waals surface area (Å²) in [7, 11) is 1.94. The number of rotatable bonds is 4. The molecule has 0 unspecified atom stereocenters. The summed E-state index contributed by atoms with van der Waals surface area (Å²) in [4.78, 5) is 28.9. The molecule has 0 radical (unpaired) electrons. The van der Waals surface area contributed by atoms with Crippen molar-refractivity contribution >= 4 is 23.6 Å². The van der Waals surface area contributed by atoms with Crippen LogP contribution < -0.4 is 0 Å². The van der Waals surface area contributed by atoms with Gasteiger partial charge >= 0.3 is 0 Å². The quantitative estimate of drug-likeness (QED) is 0.799. The number of hydrogen-bond acceptors (Lipinski definition) is 3. The normalized spacial score (nSPS) is 32.5. The van der Waals surface area contributed by atoms with Crippen molar-refractivity contribution in [3.8, 4) is 0 Å². The number of likely N-dealkylation sites (tertiary alicyclic amines) is 1. The van der Waals surface area contributed by atoms with Crippen LogP contribution >= 0.6 is 11.8 Å². The van der Waals surface area contributed by atoms with Gasteiger partial charge in [0.2, 0.25) is 11.8 Å². The monoisotopic (exact) mass is 310 g/mol. The zero-order valence-corrected chi connectivity index (χ0v) is 13.9. The zero-order valence-electron chi connectivity index (χ0n) is 13.1. The molecule has 0 aromatic heterocycles. The maximum atomic E-state index is 12.8. The van der Waals surface area contributed by atoms with Crippen molar-refractivity contribution in [2.24, 2.45) is 5.92 Å².